The van der Waals surface area contributed by atoms with E-state index in [1.165, 1.54) is 0 Å². The van der Waals surface area contributed by atoms with Crippen molar-refractivity contribution in [3.05, 3.63) is 109 Å². The van der Waals surface area contributed by atoms with Gasteiger partial charge in [0.25, 0.3) is 5.91 Å². The lowest BCUT2D eigenvalue weighted by Gasteiger charge is -2.23. The summed E-state index contributed by atoms with van der Waals surface area (Å²) in [5, 5.41) is 7.68. The van der Waals surface area contributed by atoms with E-state index in [1.807, 2.05) is 67.6 Å². The van der Waals surface area contributed by atoms with Crippen molar-refractivity contribution in [3.8, 4) is 0 Å². The predicted molar refractivity (Wildman–Crippen MR) is 140 cm³/mol. The largest absolute Gasteiger partial charge is 0.274 e. The maximum absolute atomic E-state index is 13.5. The van der Waals surface area contributed by atoms with Gasteiger partial charge in [-0.05, 0) is 66.6 Å². The zero-order valence-electron chi connectivity index (χ0n) is 17.6. The van der Waals surface area contributed by atoms with Crippen molar-refractivity contribution >= 4 is 66.0 Å². The molecular formula is C26H18Br2ClN3O. The minimum Gasteiger partial charge on any atom is -0.267 e. The van der Waals surface area contributed by atoms with Gasteiger partial charge < -0.3 is 0 Å². The molecule has 1 atom stereocenters. The van der Waals surface area contributed by atoms with E-state index in [1.54, 1.807) is 17.1 Å². The molecule has 2 heterocycles. The molecule has 164 valence electrons. The lowest BCUT2D eigenvalue weighted by Crippen LogP contribution is -2.27. The summed E-state index contributed by atoms with van der Waals surface area (Å²) in [6.45, 7) is 2.02. The van der Waals surface area contributed by atoms with Crippen molar-refractivity contribution < 1.29 is 4.79 Å². The maximum Gasteiger partial charge on any atom is 0.274 e. The highest BCUT2D eigenvalue weighted by Crippen LogP contribution is 2.38. The van der Waals surface area contributed by atoms with Crippen LogP contribution >= 0.6 is 43.5 Å². The molecule has 0 unspecified atom stereocenters. The zero-order valence-corrected chi connectivity index (χ0v) is 21.5. The number of aromatic nitrogens is 1. The molecule has 0 radical (unpaired) electrons. The summed E-state index contributed by atoms with van der Waals surface area (Å²) in [7, 11) is 0. The Kier molecular flexibility index (Phi) is 6.08. The van der Waals surface area contributed by atoms with Gasteiger partial charge in [-0.3, -0.25) is 4.79 Å². The van der Waals surface area contributed by atoms with E-state index in [0.717, 1.165) is 42.3 Å². The molecule has 7 heteroatoms. The van der Waals surface area contributed by atoms with Crippen molar-refractivity contribution in [1.29, 1.82) is 0 Å². The second-order valence-corrected chi connectivity index (χ2v) is 10.2. The third-order valence-corrected chi connectivity index (χ3v) is 7.06. The van der Waals surface area contributed by atoms with Gasteiger partial charge in [0.2, 0.25) is 0 Å². The van der Waals surface area contributed by atoms with Crippen LogP contribution in [0.15, 0.2) is 86.8 Å². The summed E-state index contributed by atoms with van der Waals surface area (Å²) < 4.78 is 1.90. The fraction of sp³-hybridized carbons (Fsp3) is 0.115. The highest BCUT2D eigenvalue weighted by atomic mass is 79.9. The van der Waals surface area contributed by atoms with E-state index in [2.05, 4.69) is 36.8 Å². The van der Waals surface area contributed by atoms with Gasteiger partial charge in [0.15, 0.2) is 0 Å². The summed E-state index contributed by atoms with van der Waals surface area (Å²) in [6.07, 6.45) is 0.544. The third-order valence-electron chi connectivity index (χ3n) is 5.70. The molecular weight excluding hydrogens is 566 g/mol. The SMILES string of the molecule is Cc1ccc2cc([C@H]3CC(c4ccc(Br)cc4)=NN3C(=O)c3ccc(Br)cc3)c(Cl)nc2c1. The molecule has 0 fully saturated rings. The molecule has 1 amide bonds. The minimum absolute atomic E-state index is 0.181. The number of halogens is 3. The first kappa shape index (κ1) is 22.3. The number of nitrogens with zero attached hydrogens (tertiary/aromatic N) is 3. The first-order chi connectivity index (χ1) is 15.9. The summed E-state index contributed by atoms with van der Waals surface area (Å²) in [4.78, 5) is 18.2. The molecule has 1 aliphatic rings. The molecule has 0 bridgehead atoms. The Labute approximate surface area is 213 Å². The molecule has 33 heavy (non-hydrogen) atoms. The molecule has 1 aromatic heterocycles. The zero-order chi connectivity index (χ0) is 23.1. The van der Waals surface area contributed by atoms with Gasteiger partial charge >= 0.3 is 0 Å². The van der Waals surface area contributed by atoms with Crippen LogP contribution in [0.4, 0.5) is 0 Å². The molecule has 0 N–H and O–H groups in total. The summed E-state index contributed by atoms with van der Waals surface area (Å²) in [6, 6.07) is 23.0. The second kappa shape index (κ2) is 9.01. The average Bonchev–Trinajstić information content (AvgIpc) is 3.24. The Morgan fingerprint density at radius 1 is 0.970 bits per heavy atom. The van der Waals surface area contributed by atoms with Crippen LogP contribution in [0.5, 0.6) is 0 Å². The van der Waals surface area contributed by atoms with Gasteiger partial charge in [-0.1, -0.05) is 67.7 Å². The van der Waals surface area contributed by atoms with Gasteiger partial charge in [0.05, 0.1) is 17.3 Å². The molecule has 0 saturated heterocycles. The Balaban J connectivity index is 1.60. The molecule has 0 aliphatic carbocycles. The van der Waals surface area contributed by atoms with Crippen LogP contribution in [0.1, 0.15) is 39.5 Å². The van der Waals surface area contributed by atoms with Crippen molar-refractivity contribution in [1.82, 2.24) is 9.99 Å². The maximum atomic E-state index is 13.5. The van der Waals surface area contributed by atoms with Crippen LogP contribution in [0.3, 0.4) is 0 Å². The molecule has 1 aliphatic heterocycles. The molecule has 4 nitrogen and oxygen atoms in total. The van der Waals surface area contributed by atoms with Gasteiger partial charge in [0.1, 0.15) is 5.15 Å². The summed E-state index contributed by atoms with van der Waals surface area (Å²) >= 11 is 13.6. The highest BCUT2D eigenvalue weighted by molar-refractivity contribution is 9.10. The van der Waals surface area contributed by atoms with Gasteiger partial charge in [-0.25, -0.2) is 9.99 Å². The van der Waals surface area contributed by atoms with Crippen LogP contribution < -0.4 is 0 Å². The van der Waals surface area contributed by atoms with Crippen molar-refractivity contribution in [2.45, 2.75) is 19.4 Å². The van der Waals surface area contributed by atoms with E-state index < -0.39 is 0 Å². The van der Waals surface area contributed by atoms with Crippen LogP contribution in [0, 0.1) is 6.92 Å². The van der Waals surface area contributed by atoms with Crippen molar-refractivity contribution in [2.24, 2.45) is 5.10 Å². The highest BCUT2D eigenvalue weighted by Gasteiger charge is 2.35. The van der Waals surface area contributed by atoms with Crippen LogP contribution in [0.2, 0.25) is 5.15 Å². The number of rotatable bonds is 3. The molecule has 3 aromatic carbocycles. The predicted octanol–water partition coefficient (Wildman–Crippen LogP) is 7.71. The lowest BCUT2D eigenvalue weighted by atomic mass is 9.98. The van der Waals surface area contributed by atoms with E-state index in [0.29, 0.717) is 17.1 Å². The second-order valence-electron chi connectivity index (χ2n) is 7.99. The Hall–Kier alpha value is -2.54. The first-order valence-electron chi connectivity index (χ1n) is 10.4. The molecule has 0 spiro atoms. The van der Waals surface area contributed by atoms with E-state index in [4.69, 9.17) is 16.7 Å². The lowest BCUT2D eigenvalue weighted by molar-refractivity contribution is 0.0711. The quantitative estimate of drug-likeness (QED) is 0.232. The number of hydrazone groups is 1. The number of benzene rings is 3. The fourth-order valence-electron chi connectivity index (χ4n) is 3.99. The first-order valence-corrected chi connectivity index (χ1v) is 12.3. The number of hydrogen-bond acceptors (Lipinski definition) is 3. The number of carbonyl (C=O) groups is 1. The monoisotopic (exact) mass is 581 g/mol. The average molecular weight is 584 g/mol. The van der Waals surface area contributed by atoms with E-state index >= 15 is 0 Å². The van der Waals surface area contributed by atoms with Crippen molar-refractivity contribution in [3.63, 3.8) is 0 Å². The van der Waals surface area contributed by atoms with Crippen LogP contribution in [-0.2, 0) is 0 Å². The molecule has 0 saturated carbocycles. The summed E-state index contributed by atoms with van der Waals surface area (Å²) in [5.41, 5.74) is 5.10. The smallest absolute Gasteiger partial charge is 0.267 e. The number of carbonyl (C=O) groups excluding carboxylic acids is 1. The Morgan fingerprint density at radius 3 is 2.33 bits per heavy atom. The van der Waals surface area contributed by atoms with Gasteiger partial charge in [0, 0.05) is 31.9 Å². The minimum atomic E-state index is -0.356. The number of pyridine rings is 1. The molecule has 5 rings (SSSR count). The number of aryl methyl sites for hydroxylation is 1. The standard InChI is InChI=1S/C26H18Br2ClN3O/c1-15-2-3-18-13-21(25(29)30-22(18)12-15)24-14-23(16-4-8-19(27)9-5-16)31-32(24)26(33)17-6-10-20(28)11-7-17/h2-13,24H,14H2,1H3/t24-/m1/s1. The Morgan fingerprint density at radius 2 is 1.64 bits per heavy atom. The fourth-order valence-corrected chi connectivity index (χ4v) is 4.79. The van der Waals surface area contributed by atoms with Gasteiger partial charge in [-0.15, -0.1) is 0 Å². The Bertz CT molecular complexity index is 1400. The van der Waals surface area contributed by atoms with Crippen LogP contribution in [0.25, 0.3) is 10.9 Å². The normalized spacial score (nSPS) is 15.7. The number of hydrogen-bond donors (Lipinski definition) is 0. The molecule has 4 aromatic rings. The van der Waals surface area contributed by atoms with Crippen molar-refractivity contribution in [2.75, 3.05) is 0 Å². The number of fused-ring (bicyclic) bond motifs is 1. The summed E-state index contributed by atoms with van der Waals surface area (Å²) in [5.74, 6) is -0.181. The van der Waals surface area contributed by atoms with E-state index in [-0.39, 0.29) is 11.9 Å². The van der Waals surface area contributed by atoms with Crippen LogP contribution in [-0.4, -0.2) is 21.6 Å². The topological polar surface area (TPSA) is 45.6 Å². The third kappa shape index (κ3) is 4.47. The van der Waals surface area contributed by atoms with E-state index in [9.17, 15) is 4.79 Å². The number of amides is 1. The van der Waals surface area contributed by atoms with Gasteiger partial charge in [-0.2, -0.15) is 5.10 Å².